The maximum atomic E-state index is 12.8. The van der Waals surface area contributed by atoms with Crippen LogP contribution in [0, 0.1) is 0 Å². The van der Waals surface area contributed by atoms with Crippen molar-refractivity contribution in [2.45, 2.75) is 18.6 Å². The lowest BCUT2D eigenvalue weighted by Gasteiger charge is -2.34. The summed E-state index contributed by atoms with van der Waals surface area (Å²) in [5.74, 6) is -1.82. The lowest BCUT2D eigenvalue weighted by Crippen LogP contribution is -2.57. The number of carbonyl (C=O) groups excluding carboxylic acids is 2. The third-order valence-electron chi connectivity index (χ3n) is 2.99. The molecule has 0 saturated heterocycles. The van der Waals surface area contributed by atoms with Gasteiger partial charge in [0.1, 0.15) is 6.04 Å². The monoisotopic (exact) mass is 272 g/mol. The molecule has 1 aliphatic rings. The Morgan fingerprint density at radius 2 is 1.89 bits per heavy atom. The standard InChI is InChI=1S/C12H11F3N2O2/c13-12(14,15)9(6-16)17-10(18)5-7-3-1-2-4-8(7)11(17)19/h1-4,9H,5-6,16H2. The van der Waals surface area contributed by atoms with Crippen LogP contribution in [0.2, 0.25) is 0 Å². The summed E-state index contributed by atoms with van der Waals surface area (Å²) < 4.78 is 38.4. The van der Waals surface area contributed by atoms with Crippen LogP contribution < -0.4 is 5.73 Å². The van der Waals surface area contributed by atoms with Gasteiger partial charge in [0.05, 0.1) is 6.42 Å². The maximum Gasteiger partial charge on any atom is 0.410 e. The van der Waals surface area contributed by atoms with E-state index in [4.69, 9.17) is 5.73 Å². The predicted octanol–water partition coefficient (Wildman–Crippen LogP) is 1.10. The molecule has 19 heavy (non-hydrogen) atoms. The number of carbonyl (C=O) groups is 2. The fourth-order valence-electron chi connectivity index (χ4n) is 2.07. The molecular formula is C12H11F3N2O2. The number of hydrogen-bond donors (Lipinski definition) is 1. The fourth-order valence-corrected chi connectivity index (χ4v) is 2.07. The second-order valence-electron chi connectivity index (χ2n) is 4.20. The number of amides is 2. The lowest BCUT2D eigenvalue weighted by molar-refractivity contribution is -0.180. The van der Waals surface area contributed by atoms with E-state index in [1.807, 2.05) is 0 Å². The number of rotatable bonds is 2. The van der Waals surface area contributed by atoms with Crippen LogP contribution in [0.15, 0.2) is 24.3 Å². The smallest absolute Gasteiger partial charge is 0.328 e. The Labute approximate surface area is 107 Å². The molecule has 0 aromatic heterocycles. The van der Waals surface area contributed by atoms with Gasteiger partial charge in [0.15, 0.2) is 0 Å². The van der Waals surface area contributed by atoms with E-state index in [2.05, 4.69) is 0 Å². The minimum absolute atomic E-state index is 0.116. The summed E-state index contributed by atoms with van der Waals surface area (Å²) in [6, 6.07) is 3.84. The van der Waals surface area contributed by atoms with Crippen LogP contribution in [0.3, 0.4) is 0 Å². The molecule has 0 aliphatic carbocycles. The van der Waals surface area contributed by atoms with E-state index in [0.29, 0.717) is 5.56 Å². The number of halogens is 3. The van der Waals surface area contributed by atoms with Crippen LogP contribution in [0.4, 0.5) is 13.2 Å². The molecule has 1 aromatic rings. The van der Waals surface area contributed by atoms with Crippen molar-refractivity contribution in [1.82, 2.24) is 4.90 Å². The molecule has 1 atom stereocenters. The van der Waals surface area contributed by atoms with Crippen LogP contribution in [-0.4, -0.2) is 35.5 Å². The summed E-state index contributed by atoms with van der Waals surface area (Å²) >= 11 is 0. The average Bonchev–Trinajstić information content (AvgIpc) is 2.32. The minimum Gasteiger partial charge on any atom is -0.328 e. The first kappa shape index (κ1) is 13.5. The highest BCUT2D eigenvalue weighted by Crippen LogP contribution is 2.29. The first-order valence-corrected chi connectivity index (χ1v) is 5.57. The Kier molecular flexibility index (Phi) is 3.32. The topological polar surface area (TPSA) is 63.4 Å². The van der Waals surface area contributed by atoms with Crippen LogP contribution in [0.1, 0.15) is 15.9 Å². The predicted molar refractivity (Wildman–Crippen MR) is 60.2 cm³/mol. The van der Waals surface area contributed by atoms with E-state index in [1.54, 1.807) is 12.1 Å². The Morgan fingerprint density at radius 1 is 1.26 bits per heavy atom. The molecule has 2 amide bonds. The van der Waals surface area contributed by atoms with Crippen LogP contribution in [-0.2, 0) is 11.2 Å². The van der Waals surface area contributed by atoms with Crippen LogP contribution in [0.5, 0.6) is 0 Å². The number of fused-ring (bicyclic) bond motifs is 1. The van der Waals surface area contributed by atoms with Gasteiger partial charge in [-0.25, -0.2) is 0 Å². The van der Waals surface area contributed by atoms with Crippen molar-refractivity contribution in [1.29, 1.82) is 0 Å². The number of imide groups is 1. The molecule has 0 radical (unpaired) electrons. The first-order valence-electron chi connectivity index (χ1n) is 5.57. The van der Waals surface area contributed by atoms with Crippen molar-refractivity contribution < 1.29 is 22.8 Å². The van der Waals surface area contributed by atoms with E-state index in [1.165, 1.54) is 12.1 Å². The molecule has 0 saturated carbocycles. The Hall–Kier alpha value is -1.89. The Morgan fingerprint density at radius 3 is 2.47 bits per heavy atom. The normalized spacial score (nSPS) is 17.4. The zero-order valence-corrected chi connectivity index (χ0v) is 9.78. The van der Waals surface area contributed by atoms with Gasteiger partial charge in [-0.05, 0) is 11.6 Å². The first-order chi connectivity index (χ1) is 8.86. The van der Waals surface area contributed by atoms with Gasteiger partial charge in [-0.1, -0.05) is 18.2 Å². The zero-order chi connectivity index (χ0) is 14.2. The number of nitrogens with two attached hydrogens (primary N) is 1. The summed E-state index contributed by atoms with van der Waals surface area (Å²) in [5, 5.41) is 0. The second-order valence-corrected chi connectivity index (χ2v) is 4.20. The summed E-state index contributed by atoms with van der Waals surface area (Å²) in [4.78, 5) is 24.0. The van der Waals surface area contributed by atoms with Crippen molar-refractivity contribution >= 4 is 11.8 Å². The molecule has 102 valence electrons. The highest BCUT2D eigenvalue weighted by atomic mass is 19.4. The molecule has 4 nitrogen and oxygen atoms in total. The molecule has 1 aromatic carbocycles. The van der Waals surface area contributed by atoms with Crippen molar-refractivity contribution in [2.75, 3.05) is 6.54 Å². The molecule has 2 N–H and O–H groups in total. The van der Waals surface area contributed by atoms with Gasteiger partial charge < -0.3 is 5.73 Å². The van der Waals surface area contributed by atoms with Crippen molar-refractivity contribution in [2.24, 2.45) is 5.73 Å². The van der Waals surface area contributed by atoms with Crippen molar-refractivity contribution in [3.63, 3.8) is 0 Å². The van der Waals surface area contributed by atoms with Crippen LogP contribution in [0.25, 0.3) is 0 Å². The Balaban J connectivity index is 2.44. The molecule has 1 aliphatic heterocycles. The highest BCUT2D eigenvalue weighted by Gasteiger charge is 2.48. The minimum atomic E-state index is -4.73. The van der Waals surface area contributed by atoms with E-state index >= 15 is 0 Å². The summed E-state index contributed by atoms with van der Waals surface area (Å²) in [7, 11) is 0. The van der Waals surface area contributed by atoms with Gasteiger partial charge in [0.25, 0.3) is 5.91 Å². The van der Waals surface area contributed by atoms with E-state index in [-0.39, 0.29) is 16.9 Å². The summed E-state index contributed by atoms with van der Waals surface area (Å²) in [6.45, 7) is -0.844. The molecule has 0 spiro atoms. The molecule has 2 rings (SSSR count). The van der Waals surface area contributed by atoms with Crippen molar-refractivity contribution in [3.05, 3.63) is 35.4 Å². The molecule has 1 heterocycles. The number of benzene rings is 1. The Bertz CT molecular complexity index is 528. The van der Waals surface area contributed by atoms with Gasteiger partial charge in [-0.15, -0.1) is 0 Å². The number of hydrogen-bond acceptors (Lipinski definition) is 3. The summed E-state index contributed by atoms with van der Waals surface area (Å²) in [5.41, 5.74) is 5.62. The quantitative estimate of drug-likeness (QED) is 0.820. The van der Waals surface area contributed by atoms with Crippen LogP contribution >= 0.6 is 0 Å². The molecule has 1 unspecified atom stereocenters. The highest BCUT2D eigenvalue weighted by molar-refractivity contribution is 6.10. The third kappa shape index (κ3) is 2.33. The third-order valence-corrected chi connectivity index (χ3v) is 2.99. The van der Waals surface area contributed by atoms with E-state index < -0.39 is 30.6 Å². The molecule has 7 heteroatoms. The SMILES string of the molecule is NCC(N1C(=O)Cc2ccccc2C1=O)C(F)(F)F. The lowest BCUT2D eigenvalue weighted by atomic mass is 9.97. The summed E-state index contributed by atoms with van der Waals surface area (Å²) in [6.07, 6.45) is -4.96. The largest absolute Gasteiger partial charge is 0.410 e. The van der Waals surface area contributed by atoms with Gasteiger partial charge >= 0.3 is 6.18 Å². The average molecular weight is 272 g/mol. The van der Waals surface area contributed by atoms with E-state index in [0.717, 1.165) is 0 Å². The number of nitrogens with zero attached hydrogens (tertiary/aromatic N) is 1. The number of alkyl halides is 3. The molecule has 0 bridgehead atoms. The van der Waals surface area contributed by atoms with Gasteiger partial charge in [0.2, 0.25) is 5.91 Å². The maximum absolute atomic E-state index is 12.8. The molecular weight excluding hydrogens is 261 g/mol. The van der Waals surface area contributed by atoms with Gasteiger partial charge in [0, 0.05) is 12.1 Å². The fraction of sp³-hybridized carbons (Fsp3) is 0.333. The van der Waals surface area contributed by atoms with Gasteiger partial charge in [-0.2, -0.15) is 13.2 Å². The van der Waals surface area contributed by atoms with E-state index in [9.17, 15) is 22.8 Å². The zero-order valence-electron chi connectivity index (χ0n) is 9.78. The second kappa shape index (κ2) is 4.65. The van der Waals surface area contributed by atoms with Gasteiger partial charge in [-0.3, -0.25) is 14.5 Å². The molecule has 0 fully saturated rings. The van der Waals surface area contributed by atoms with Crippen molar-refractivity contribution in [3.8, 4) is 0 Å².